The predicted octanol–water partition coefficient (Wildman–Crippen LogP) is 2.54. The van der Waals surface area contributed by atoms with Gasteiger partial charge in [0.25, 0.3) is 5.91 Å². The summed E-state index contributed by atoms with van der Waals surface area (Å²) in [5.74, 6) is -1.26. The lowest BCUT2D eigenvalue weighted by Gasteiger charge is -2.10. The fraction of sp³-hybridized carbons (Fsp3) is 0.304. The van der Waals surface area contributed by atoms with Crippen LogP contribution in [0.3, 0.4) is 0 Å². The second-order valence-corrected chi connectivity index (χ2v) is 7.48. The SMILES string of the molecule is Cc1ccc(NC(=O)COc2ccccc2/C=N\NC(=O)C(=O)NCC(C)C)cc1C. The van der Waals surface area contributed by atoms with Crippen molar-refractivity contribution >= 4 is 29.6 Å². The Balaban J connectivity index is 1.90. The number of hydrogen-bond acceptors (Lipinski definition) is 5. The molecule has 0 fully saturated rings. The Morgan fingerprint density at radius 1 is 1.03 bits per heavy atom. The molecule has 8 nitrogen and oxygen atoms in total. The molecule has 31 heavy (non-hydrogen) atoms. The highest BCUT2D eigenvalue weighted by Crippen LogP contribution is 2.17. The number of benzene rings is 2. The van der Waals surface area contributed by atoms with Gasteiger partial charge in [-0.05, 0) is 55.2 Å². The van der Waals surface area contributed by atoms with Crippen LogP contribution >= 0.6 is 0 Å². The number of anilines is 1. The van der Waals surface area contributed by atoms with Crippen molar-refractivity contribution < 1.29 is 19.1 Å². The van der Waals surface area contributed by atoms with Gasteiger partial charge in [0, 0.05) is 17.8 Å². The minimum absolute atomic E-state index is 0.193. The smallest absolute Gasteiger partial charge is 0.329 e. The van der Waals surface area contributed by atoms with Crippen LogP contribution in [-0.4, -0.2) is 37.1 Å². The van der Waals surface area contributed by atoms with Gasteiger partial charge in [-0.25, -0.2) is 5.43 Å². The average Bonchev–Trinajstić information content (AvgIpc) is 2.73. The zero-order chi connectivity index (χ0) is 22.8. The van der Waals surface area contributed by atoms with Gasteiger partial charge in [0.2, 0.25) is 0 Å². The van der Waals surface area contributed by atoms with E-state index in [2.05, 4.69) is 21.2 Å². The lowest BCUT2D eigenvalue weighted by molar-refractivity contribution is -0.139. The lowest BCUT2D eigenvalue weighted by atomic mass is 10.1. The van der Waals surface area contributed by atoms with Crippen LogP contribution in [-0.2, 0) is 14.4 Å². The number of nitrogens with zero attached hydrogens (tertiary/aromatic N) is 1. The molecule has 2 rings (SSSR count). The van der Waals surface area contributed by atoms with E-state index in [9.17, 15) is 14.4 Å². The molecule has 0 saturated carbocycles. The van der Waals surface area contributed by atoms with Gasteiger partial charge in [-0.3, -0.25) is 14.4 Å². The highest BCUT2D eigenvalue weighted by Gasteiger charge is 2.12. The van der Waals surface area contributed by atoms with Crippen LogP contribution in [0.25, 0.3) is 0 Å². The molecule has 0 radical (unpaired) electrons. The van der Waals surface area contributed by atoms with Crippen LogP contribution in [0, 0.1) is 19.8 Å². The van der Waals surface area contributed by atoms with Crippen LogP contribution in [0.1, 0.15) is 30.5 Å². The minimum Gasteiger partial charge on any atom is -0.483 e. The van der Waals surface area contributed by atoms with E-state index in [-0.39, 0.29) is 18.4 Å². The Bertz CT molecular complexity index is 970. The number of hydrogen-bond donors (Lipinski definition) is 3. The number of carbonyl (C=O) groups is 3. The Hall–Kier alpha value is -3.68. The van der Waals surface area contributed by atoms with Crippen molar-refractivity contribution in [3.63, 3.8) is 0 Å². The summed E-state index contributed by atoms with van der Waals surface area (Å²) in [7, 11) is 0. The number of rotatable bonds is 8. The highest BCUT2D eigenvalue weighted by molar-refractivity contribution is 6.35. The highest BCUT2D eigenvalue weighted by atomic mass is 16.5. The molecule has 0 aliphatic rings. The van der Waals surface area contributed by atoms with Crippen molar-refractivity contribution in [1.82, 2.24) is 10.7 Å². The fourth-order valence-electron chi connectivity index (χ4n) is 2.47. The fourth-order valence-corrected chi connectivity index (χ4v) is 2.47. The van der Waals surface area contributed by atoms with Crippen molar-refractivity contribution in [2.45, 2.75) is 27.7 Å². The first-order valence-electron chi connectivity index (χ1n) is 9.96. The zero-order valence-electron chi connectivity index (χ0n) is 18.2. The van der Waals surface area contributed by atoms with E-state index < -0.39 is 11.8 Å². The molecule has 164 valence electrons. The summed E-state index contributed by atoms with van der Waals surface area (Å²) < 4.78 is 5.60. The predicted molar refractivity (Wildman–Crippen MR) is 120 cm³/mol. The van der Waals surface area contributed by atoms with E-state index in [1.54, 1.807) is 24.3 Å². The number of amides is 3. The van der Waals surface area contributed by atoms with E-state index in [1.807, 2.05) is 45.9 Å². The van der Waals surface area contributed by atoms with Crippen LogP contribution < -0.4 is 20.8 Å². The molecule has 0 atom stereocenters. The maximum Gasteiger partial charge on any atom is 0.329 e. The van der Waals surface area contributed by atoms with Gasteiger partial charge in [0.1, 0.15) is 5.75 Å². The van der Waals surface area contributed by atoms with Crippen LogP contribution in [0.2, 0.25) is 0 Å². The summed E-state index contributed by atoms with van der Waals surface area (Å²) in [6.45, 7) is 8.04. The van der Waals surface area contributed by atoms with Crippen LogP contribution in [0.15, 0.2) is 47.6 Å². The monoisotopic (exact) mass is 424 g/mol. The number of aryl methyl sites for hydroxylation is 2. The summed E-state index contributed by atoms with van der Waals surface area (Å²) in [6, 6.07) is 12.6. The first kappa shape index (κ1) is 23.6. The number of nitrogens with one attached hydrogen (secondary N) is 3. The summed E-state index contributed by atoms with van der Waals surface area (Å²) in [4.78, 5) is 35.6. The van der Waals surface area contributed by atoms with Gasteiger partial charge in [-0.1, -0.05) is 32.0 Å². The van der Waals surface area contributed by atoms with Gasteiger partial charge >= 0.3 is 11.8 Å². The standard InChI is InChI=1S/C23H28N4O4/c1-15(2)12-24-22(29)23(30)27-25-13-18-7-5-6-8-20(18)31-14-21(28)26-19-10-9-16(3)17(4)11-19/h5-11,13,15H,12,14H2,1-4H3,(H,24,29)(H,26,28)(H,27,30)/b25-13-. The Morgan fingerprint density at radius 3 is 2.48 bits per heavy atom. The Morgan fingerprint density at radius 2 is 1.77 bits per heavy atom. The van der Waals surface area contributed by atoms with Gasteiger partial charge in [-0.2, -0.15) is 5.10 Å². The van der Waals surface area contributed by atoms with E-state index in [0.29, 0.717) is 23.5 Å². The molecule has 0 aliphatic carbocycles. The molecule has 2 aromatic rings. The molecular weight excluding hydrogens is 396 g/mol. The molecule has 0 unspecified atom stereocenters. The first-order chi connectivity index (χ1) is 14.8. The van der Waals surface area contributed by atoms with Crippen LogP contribution in [0.5, 0.6) is 5.75 Å². The van der Waals surface area contributed by atoms with Crippen LogP contribution in [0.4, 0.5) is 5.69 Å². The van der Waals surface area contributed by atoms with Gasteiger partial charge < -0.3 is 15.4 Å². The molecule has 3 N–H and O–H groups in total. The molecule has 0 aromatic heterocycles. The molecule has 0 spiro atoms. The number of hydrazone groups is 1. The minimum atomic E-state index is -0.858. The maximum atomic E-state index is 12.2. The van der Waals surface area contributed by atoms with Gasteiger partial charge in [-0.15, -0.1) is 0 Å². The molecule has 0 heterocycles. The van der Waals surface area contributed by atoms with E-state index >= 15 is 0 Å². The first-order valence-corrected chi connectivity index (χ1v) is 9.96. The van der Waals surface area contributed by atoms with Crippen molar-refractivity contribution in [3.8, 4) is 5.75 Å². The van der Waals surface area contributed by atoms with E-state index in [4.69, 9.17) is 4.74 Å². The summed E-state index contributed by atoms with van der Waals surface area (Å²) >= 11 is 0. The second kappa shape index (κ2) is 11.5. The second-order valence-electron chi connectivity index (χ2n) is 7.48. The molecule has 3 amide bonds. The molecular formula is C23H28N4O4. The largest absolute Gasteiger partial charge is 0.483 e. The third-order valence-electron chi connectivity index (χ3n) is 4.32. The zero-order valence-corrected chi connectivity index (χ0v) is 18.2. The normalized spacial score (nSPS) is 10.7. The number of ether oxygens (including phenoxy) is 1. The third-order valence-corrected chi connectivity index (χ3v) is 4.32. The van der Waals surface area contributed by atoms with E-state index in [0.717, 1.165) is 11.1 Å². The quantitative estimate of drug-likeness (QED) is 0.344. The number of para-hydroxylation sites is 1. The number of carbonyl (C=O) groups excluding carboxylic acids is 3. The summed E-state index contributed by atoms with van der Waals surface area (Å²) in [6.07, 6.45) is 1.35. The molecule has 8 heteroatoms. The third kappa shape index (κ3) is 7.93. The van der Waals surface area contributed by atoms with Crippen molar-refractivity contribution in [2.75, 3.05) is 18.5 Å². The van der Waals surface area contributed by atoms with Crippen molar-refractivity contribution in [3.05, 3.63) is 59.2 Å². The van der Waals surface area contributed by atoms with Crippen molar-refractivity contribution in [2.24, 2.45) is 11.0 Å². The molecule has 0 saturated heterocycles. The maximum absolute atomic E-state index is 12.2. The average molecular weight is 425 g/mol. The topological polar surface area (TPSA) is 109 Å². The van der Waals surface area contributed by atoms with E-state index in [1.165, 1.54) is 6.21 Å². The van der Waals surface area contributed by atoms with Gasteiger partial charge in [0.15, 0.2) is 6.61 Å². The molecule has 0 bridgehead atoms. The molecule has 2 aromatic carbocycles. The molecule has 0 aliphatic heterocycles. The van der Waals surface area contributed by atoms with Crippen molar-refractivity contribution in [1.29, 1.82) is 0 Å². The van der Waals surface area contributed by atoms with Gasteiger partial charge in [0.05, 0.1) is 6.21 Å². The summed E-state index contributed by atoms with van der Waals surface area (Å²) in [5, 5.41) is 9.10. The summed E-state index contributed by atoms with van der Waals surface area (Å²) in [5.41, 5.74) is 5.65. The Labute approximate surface area is 182 Å². The Kier molecular flexibility index (Phi) is 8.75. The lowest BCUT2D eigenvalue weighted by Crippen LogP contribution is -2.39.